The Morgan fingerprint density at radius 1 is 1.50 bits per heavy atom. The van der Waals surface area contributed by atoms with E-state index in [0.29, 0.717) is 15.3 Å². The van der Waals surface area contributed by atoms with Crippen molar-refractivity contribution in [2.45, 2.75) is 26.3 Å². The van der Waals surface area contributed by atoms with E-state index in [-0.39, 0.29) is 17.2 Å². The molecule has 1 aliphatic heterocycles. The van der Waals surface area contributed by atoms with E-state index in [4.69, 9.17) is 4.42 Å². The van der Waals surface area contributed by atoms with Crippen molar-refractivity contribution < 1.29 is 14.0 Å². The van der Waals surface area contributed by atoms with Crippen LogP contribution in [0.2, 0.25) is 0 Å². The lowest BCUT2D eigenvalue weighted by Crippen LogP contribution is -2.36. The number of furan rings is 1. The molecule has 1 fully saturated rings. The highest BCUT2D eigenvalue weighted by Crippen LogP contribution is 2.34. The van der Waals surface area contributed by atoms with E-state index in [2.05, 4.69) is 15.9 Å². The lowest BCUT2D eigenvalue weighted by atomic mass is 10.2. The van der Waals surface area contributed by atoms with Crippen LogP contribution in [-0.2, 0) is 4.79 Å². The van der Waals surface area contributed by atoms with Crippen LogP contribution in [0.5, 0.6) is 0 Å². The second-order valence-corrected chi connectivity index (χ2v) is 5.73. The van der Waals surface area contributed by atoms with Gasteiger partial charge < -0.3 is 4.42 Å². The average Bonchev–Trinajstić information content (AvgIpc) is 2.84. The molecule has 2 amide bonds. The van der Waals surface area contributed by atoms with E-state index in [1.807, 2.05) is 13.8 Å². The van der Waals surface area contributed by atoms with Crippen LogP contribution in [0.3, 0.4) is 0 Å². The van der Waals surface area contributed by atoms with Gasteiger partial charge in [-0.1, -0.05) is 6.92 Å². The van der Waals surface area contributed by atoms with Crippen molar-refractivity contribution in [1.29, 1.82) is 0 Å². The third-order valence-electron chi connectivity index (χ3n) is 2.72. The molecule has 0 unspecified atom stereocenters. The first-order chi connectivity index (χ1) is 8.52. The molecule has 1 atom stereocenters. The van der Waals surface area contributed by atoms with Crippen molar-refractivity contribution in [2.75, 3.05) is 0 Å². The summed E-state index contributed by atoms with van der Waals surface area (Å²) in [5.41, 5.74) is 0. The van der Waals surface area contributed by atoms with Gasteiger partial charge in [0.05, 0.1) is 4.91 Å². The fraction of sp³-hybridized carbons (Fsp3) is 0.333. The highest BCUT2D eigenvalue weighted by atomic mass is 79.9. The minimum absolute atomic E-state index is 0.0771. The zero-order chi connectivity index (χ0) is 13.3. The molecule has 0 aromatic carbocycles. The molecule has 0 bridgehead atoms. The van der Waals surface area contributed by atoms with Crippen LogP contribution < -0.4 is 0 Å². The Hall–Kier alpha value is -1.01. The van der Waals surface area contributed by atoms with Crippen molar-refractivity contribution in [1.82, 2.24) is 4.90 Å². The van der Waals surface area contributed by atoms with Crippen LogP contribution in [0, 0.1) is 0 Å². The van der Waals surface area contributed by atoms with Gasteiger partial charge in [-0.25, -0.2) is 0 Å². The number of amides is 2. The van der Waals surface area contributed by atoms with Crippen LogP contribution in [0.1, 0.15) is 26.0 Å². The third kappa shape index (κ3) is 2.54. The van der Waals surface area contributed by atoms with Crippen LogP contribution in [-0.4, -0.2) is 22.1 Å². The van der Waals surface area contributed by atoms with Crippen molar-refractivity contribution in [2.24, 2.45) is 0 Å². The summed E-state index contributed by atoms with van der Waals surface area (Å²) in [5, 5.41) is -0.216. The van der Waals surface area contributed by atoms with E-state index in [9.17, 15) is 9.59 Å². The number of nitrogens with zero attached hydrogens (tertiary/aromatic N) is 1. The Morgan fingerprint density at radius 3 is 2.78 bits per heavy atom. The Kier molecular flexibility index (Phi) is 3.97. The highest BCUT2D eigenvalue weighted by molar-refractivity contribution is 9.10. The summed E-state index contributed by atoms with van der Waals surface area (Å²) < 4.78 is 5.89. The number of rotatable bonds is 3. The second-order valence-electron chi connectivity index (χ2n) is 3.95. The predicted octanol–water partition coefficient (Wildman–Crippen LogP) is 3.88. The number of carbonyl (C=O) groups excluding carboxylic acids is 2. The molecule has 0 saturated carbocycles. The molecular weight excluding hydrogens is 318 g/mol. The van der Waals surface area contributed by atoms with Gasteiger partial charge >= 0.3 is 0 Å². The molecule has 96 valence electrons. The van der Waals surface area contributed by atoms with Gasteiger partial charge in [0.15, 0.2) is 4.67 Å². The lowest BCUT2D eigenvalue weighted by molar-refractivity contribution is -0.124. The van der Waals surface area contributed by atoms with Crippen LogP contribution in [0.4, 0.5) is 4.79 Å². The molecule has 1 aromatic heterocycles. The molecule has 0 aliphatic carbocycles. The number of hydrogen-bond donors (Lipinski definition) is 0. The molecule has 2 heterocycles. The largest absolute Gasteiger partial charge is 0.450 e. The first kappa shape index (κ1) is 13.4. The fourth-order valence-corrected chi connectivity index (χ4v) is 2.81. The highest BCUT2D eigenvalue weighted by Gasteiger charge is 2.37. The summed E-state index contributed by atoms with van der Waals surface area (Å²) in [7, 11) is 0. The first-order valence-electron chi connectivity index (χ1n) is 5.55. The lowest BCUT2D eigenvalue weighted by Gasteiger charge is -2.19. The first-order valence-corrected chi connectivity index (χ1v) is 7.16. The SMILES string of the molecule is CC[C@H](C)N1C(=O)S/C(=C/c2ccc(Br)o2)C1=O. The third-order valence-corrected chi connectivity index (χ3v) is 4.03. The number of hydrogen-bond acceptors (Lipinski definition) is 4. The number of thioether (sulfide) groups is 1. The van der Waals surface area contributed by atoms with E-state index in [0.717, 1.165) is 18.2 Å². The summed E-state index contributed by atoms with van der Waals surface area (Å²) in [6.07, 6.45) is 2.34. The fourth-order valence-electron chi connectivity index (χ4n) is 1.58. The summed E-state index contributed by atoms with van der Waals surface area (Å²) in [4.78, 5) is 25.6. The maximum Gasteiger partial charge on any atom is 0.293 e. The Labute approximate surface area is 118 Å². The Morgan fingerprint density at radius 2 is 2.22 bits per heavy atom. The summed E-state index contributed by atoms with van der Waals surface area (Å²) >= 11 is 4.14. The minimum atomic E-state index is -0.244. The molecular formula is C12H12BrNO3S. The number of carbonyl (C=O) groups is 2. The maximum atomic E-state index is 12.1. The van der Waals surface area contributed by atoms with Gasteiger partial charge in [-0.3, -0.25) is 14.5 Å². The summed E-state index contributed by atoms with van der Waals surface area (Å²) in [6, 6.07) is 3.40. The van der Waals surface area contributed by atoms with Crippen molar-refractivity contribution >= 4 is 44.9 Å². The topological polar surface area (TPSA) is 50.5 Å². The summed E-state index contributed by atoms with van der Waals surface area (Å²) in [5.74, 6) is 0.309. The van der Waals surface area contributed by atoms with Crippen LogP contribution >= 0.6 is 27.7 Å². The maximum absolute atomic E-state index is 12.1. The standard InChI is InChI=1S/C12H12BrNO3S/c1-3-7(2)14-11(15)9(18-12(14)16)6-8-4-5-10(13)17-8/h4-7H,3H2,1-2H3/b9-6+/t7-/m0/s1. The van der Waals surface area contributed by atoms with Gasteiger partial charge in [0.1, 0.15) is 5.76 Å². The quantitative estimate of drug-likeness (QED) is 0.789. The number of imide groups is 1. The molecule has 1 aromatic rings. The molecule has 2 rings (SSSR count). The van der Waals surface area contributed by atoms with Crippen molar-refractivity contribution in [3.8, 4) is 0 Å². The van der Waals surface area contributed by atoms with Crippen molar-refractivity contribution in [3.05, 3.63) is 27.5 Å². The Balaban J connectivity index is 2.25. The molecule has 0 spiro atoms. The predicted molar refractivity (Wildman–Crippen MR) is 74.0 cm³/mol. The molecule has 0 N–H and O–H groups in total. The van der Waals surface area contributed by atoms with Gasteiger partial charge in [-0.2, -0.15) is 0 Å². The normalized spacial score (nSPS) is 19.9. The minimum Gasteiger partial charge on any atom is -0.450 e. The van der Waals surface area contributed by atoms with Gasteiger partial charge in [0.2, 0.25) is 0 Å². The molecule has 4 nitrogen and oxygen atoms in total. The van der Waals surface area contributed by atoms with E-state index in [1.54, 1.807) is 18.2 Å². The monoisotopic (exact) mass is 329 g/mol. The van der Waals surface area contributed by atoms with Gasteiger partial charge in [0.25, 0.3) is 11.1 Å². The molecule has 1 aliphatic rings. The molecule has 18 heavy (non-hydrogen) atoms. The van der Waals surface area contributed by atoms with Crippen LogP contribution in [0.25, 0.3) is 6.08 Å². The molecule has 1 saturated heterocycles. The van der Waals surface area contributed by atoms with Crippen molar-refractivity contribution in [3.63, 3.8) is 0 Å². The van der Waals surface area contributed by atoms with E-state index in [1.165, 1.54) is 4.90 Å². The smallest absolute Gasteiger partial charge is 0.293 e. The zero-order valence-corrected chi connectivity index (χ0v) is 12.4. The average molecular weight is 330 g/mol. The Bertz CT molecular complexity index is 523. The number of halogens is 1. The summed E-state index contributed by atoms with van der Waals surface area (Å²) in [6.45, 7) is 3.81. The van der Waals surface area contributed by atoms with E-state index >= 15 is 0 Å². The van der Waals surface area contributed by atoms with Crippen LogP contribution in [0.15, 0.2) is 26.1 Å². The molecule has 6 heteroatoms. The van der Waals surface area contributed by atoms with Gasteiger partial charge in [-0.05, 0) is 53.2 Å². The molecule has 0 radical (unpaired) electrons. The van der Waals surface area contributed by atoms with Gasteiger partial charge in [0, 0.05) is 12.1 Å². The van der Waals surface area contributed by atoms with E-state index < -0.39 is 0 Å². The second kappa shape index (κ2) is 5.32. The van der Waals surface area contributed by atoms with Gasteiger partial charge in [-0.15, -0.1) is 0 Å². The zero-order valence-electron chi connectivity index (χ0n) is 9.97.